The number of methoxy groups -OCH3 is 1. The Bertz CT molecular complexity index is 501. The van der Waals surface area contributed by atoms with Crippen LogP contribution in [0.5, 0.6) is 0 Å². The SMILES string of the molecule is COC(=O)C1(c2cc(Br)ccc2C#N)CCC1. The van der Waals surface area contributed by atoms with Crippen molar-refractivity contribution in [2.24, 2.45) is 0 Å². The van der Waals surface area contributed by atoms with Crippen molar-refractivity contribution >= 4 is 21.9 Å². The van der Waals surface area contributed by atoms with Crippen LogP contribution in [0.2, 0.25) is 0 Å². The van der Waals surface area contributed by atoms with Crippen LogP contribution in [-0.2, 0) is 14.9 Å². The average molecular weight is 294 g/mol. The van der Waals surface area contributed by atoms with Gasteiger partial charge in [-0.1, -0.05) is 22.4 Å². The Morgan fingerprint density at radius 3 is 2.71 bits per heavy atom. The normalized spacial score (nSPS) is 16.8. The molecule has 0 aliphatic heterocycles. The molecule has 0 atom stereocenters. The molecule has 88 valence electrons. The summed E-state index contributed by atoms with van der Waals surface area (Å²) in [7, 11) is 1.40. The van der Waals surface area contributed by atoms with Gasteiger partial charge in [-0.15, -0.1) is 0 Å². The number of esters is 1. The molecule has 1 aliphatic carbocycles. The van der Waals surface area contributed by atoms with Gasteiger partial charge in [0.2, 0.25) is 0 Å². The summed E-state index contributed by atoms with van der Waals surface area (Å²) in [6.07, 6.45) is 2.50. The molecular formula is C13H12BrNO2. The molecule has 1 aromatic rings. The highest BCUT2D eigenvalue weighted by Crippen LogP contribution is 2.46. The molecule has 4 heteroatoms. The lowest BCUT2D eigenvalue weighted by molar-refractivity contribution is -0.151. The first-order chi connectivity index (χ1) is 8.14. The number of benzene rings is 1. The van der Waals surface area contributed by atoms with Crippen molar-refractivity contribution in [3.8, 4) is 6.07 Å². The van der Waals surface area contributed by atoms with E-state index >= 15 is 0 Å². The maximum Gasteiger partial charge on any atom is 0.316 e. The molecule has 0 unspecified atom stereocenters. The molecule has 0 bridgehead atoms. The number of nitriles is 1. The number of hydrogen-bond acceptors (Lipinski definition) is 3. The van der Waals surface area contributed by atoms with Gasteiger partial charge < -0.3 is 4.74 Å². The molecule has 2 rings (SSSR count). The van der Waals surface area contributed by atoms with Crippen LogP contribution in [0.15, 0.2) is 22.7 Å². The maximum atomic E-state index is 11.9. The molecule has 0 amide bonds. The molecule has 0 aromatic heterocycles. The smallest absolute Gasteiger partial charge is 0.316 e. The van der Waals surface area contributed by atoms with Gasteiger partial charge in [0.1, 0.15) is 0 Å². The lowest BCUT2D eigenvalue weighted by Gasteiger charge is -2.39. The Morgan fingerprint density at radius 2 is 2.24 bits per heavy atom. The van der Waals surface area contributed by atoms with Crippen molar-refractivity contribution in [3.05, 3.63) is 33.8 Å². The summed E-state index contributed by atoms with van der Waals surface area (Å²) < 4.78 is 5.76. The Hall–Kier alpha value is -1.34. The highest BCUT2D eigenvalue weighted by molar-refractivity contribution is 9.10. The molecule has 0 radical (unpaired) electrons. The lowest BCUT2D eigenvalue weighted by Crippen LogP contribution is -2.43. The van der Waals surface area contributed by atoms with E-state index in [2.05, 4.69) is 22.0 Å². The van der Waals surface area contributed by atoms with E-state index in [1.165, 1.54) is 7.11 Å². The summed E-state index contributed by atoms with van der Waals surface area (Å²) in [5, 5.41) is 9.13. The molecule has 0 spiro atoms. The zero-order chi connectivity index (χ0) is 12.5. The highest BCUT2D eigenvalue weighted by Gasteiger charge is 2.48. The zero-order valence-corrected chi connectivity index (χ0v) is 11.1. The molecular weight excluding hydrogens is 282 g/mol. The minimum Gasteiger partial charge on any atom is -0.468 e. The second-order valence-electron chi connectivity index (χ2n) is 4.23. The number of rotatable bonds is 2. The van der Waals surface area contributed by atoms with Crippen LogP contribution >= 0.6 is 15.9 Å². The molecule has 3 nitrogen and oxygen atoms in total. The summed E-state index contributed by atoms with van der Waals surface area (Å²) in [4.78, 5) is 11.9. The number of carbonyl (C=O) groups is 1. The quantitative estimate of drug-likeness (QED) is 0.788. The fourth-order valence-corrected chi connectivity index (χ4v) is 2.68. The van der Waals surface area contributed by atoms with Crippen LogP contribution in [0.3, 0.4) is 0 Å². The van der Waals surface area contributed by atoms with Gasteiger partial charge in [-0.3, -0.25) is 4.79 Å². The third-order valence-electron chi connectivity index (χ3n) is 3.40. The summed E-state index contributed by atoms with van der Waals surface area (Å²) in [5.41, 5.74) is 0.731. The van der Waals surface area contributed by atoms with Crippen molar-refractivity contribution in [2.45, 2.75) is 24.7 Å². The topological polar surface area (TPSA) is 50.1 Å². The number of nitrogens with zero attached hydrogens (tertiary/aromatic N) is 1. The van der Waals surface area contributed by atoms with Gasteiger partial charge in [0, 0.05) is 4.47 Å². The first kappa shape index (κ1) is 12.1. The molecule has 1 aromatic carbocycles. The van der Waals surface area contributed by atoms with E-state index in [4.69, 9.17) is 10.00 Å². The van der Waals surface area contributed by atoms with Crippen molar-refractivity contribution < 1.29 is 9.53 Å². The number of hydrogen-bond donors (Lipinski definition) is 0. The van der Waals surface area contributed by atoms with E-state index in [1.807, 2.05) is 12.1 Å². The first-order valence-electron chi connectivity index (χ1n) is 5.42. The summed E-state index contributed by atoms with van der Waals surface area (Å²) in [6, 6.07) is 7.55. The van der Waals surface area contributed by atoms with Gasteiger partial charge in [-0.25, -0.2) is 0 Å². The predicted octanol–water partition coefficient (Wildman–Crippen LogP) is 2.92. The molecule has 0 N–H and O–H groups in total. The fraction of sp³-hybridized carbons (Fsp3) is 0.385. The lowest BCUT2D eigenvalue weighted by atomic mass is 9.63. The van der Waals surface area contributed by atoms with E-state index in [0.29, 0.717) is 5.56 Å². The molecule has 1 saturated carbocycles. The number of ether oxygens (including phenoxy) is 1. The minimum atomic E-state index is -0.608. The van der Waals surface area contributed by atoms with Crippen molar-refractivity contribution in [2.75, 3.05) is 7.11 Å². The van der Waals surface area contributed by atoms with Crippen molar-refractivity contribution in [1.82, 2.24) is 0 Å². The van der Waals surface area contributed by atoms with E-state index < -0.39 is 5.41 Å². The fourth-order valence-electron chi connectivity index (χ4n) is 2.32. The van der Waals surface area contributed by atoms with Gasteiger partial charge in [-0.2, -0.15) is 5.26 Å². The van der Waals surface area contributed by atoms with Crippen LogP contribution in [0, 0.1) is 11.3 Å². The third-order valence-corrected chi connectivity index (χ3v) is 3.89. The van der Waals surface area contributed by atoms with Crippen LogP contribution in [-0.4, -0.2) is 13.1 Å². The van der Waals surface area contributed by atoms with Crippen LogP contribution in [0.1, 0.15) is 30.4 Å². The Kier molecular flexibility index (Phi) is 3.21. The van der Waals surface area contributed by atoms with Crippen LogP contribution < -0.4 is 0 Å². The second kappa shape index (κ2) is 4.50. The summed E-state index contributed by atoms with van der Waals surface area (Å²) in [6.45, 7) is 0. The van der Waals surface area contributed by atoms with Gasteiger partial charge in [-0.05, 0) is 36.6 Å². The van der Waals surface area contributed by atoms with Gasteiger partial charge in [0.25, 0.3) is 0 Å². The molecule has 0 saturated heterocycles. The standard InChI is InChI=1S/C13H12BrNO2/c1-17-12(16)13(5-2-6-13)11-7-10(14)4-3-9(11)8-15/h3-4,7H,2,5-6H2,1H3. The Balaban J connectivity index is 2.55. The zero-order valence-electron chi connectivity index (χ0n) is 9.50. The van der Waals surface area contributed by atoms with Gasteiger partial charge >= 0.3 is 5.97 Å². The molecule has 17 heavy (non-hydrogen) atoms. The predicted molar refractivity (Wildman–Crippen MR) is 66.4 cm³/mol. The largest absolute Gasteiger partial charge is 0.468 e. The molecule has 0 heterocycles. The average Bonchev–Trinajstić information content (AvgIpc) is 2.27. The van der Waals surface area contributed by atoms with E-state index in [0.717, 1.165) is 29.3 Å². The minimum absolute atomic E-state index is 0.238. The number of halogens is 1. The van der Waals surface area contributed by atoms with Gasteiger partial charge in [0.15, 0.2) is 0 Å². The maximum absolute atomic E-state index is 11.9. The highest BCUT2D eigenvalue weighted by atomic mass is 79.9. The second-order valence-corrected chi connectivity index (χ2v) is 5.14. The molecule has 1 aliphatic rings. The van der Waals surface area contributed by atoms with E-state index in [1.54, 1.807) is 6.07 Å². The first-order valence-corrected chi connectivity index (χ1v) is 6.22. The summed E-state index contributed by atoms with van der Waals surface area (Å²) in [5.74, 6) is -0.238. The Morgan fingerprint density at radius 1 is 1.53 bits per heavy atom. The Labute approximate surface area is 109 Å². The molecule has 1 fully saturated rings. The van der Waals surface area contributed by atoms with E-state index in [-0.39, 0.29) is 5.97 Å². The van der Waals surface area contributed by atoms with E-state index in [9.17, 15) is 4.79 Å². The van der Waals surface area contributed by atoms with Gasteiger partial charge in [0.05, 0.1) is 24.2 Å². The monoisotopic (exact) mass is 293 g/mol. The summed E-state index contributed by atoms with van der Waals surface area (Å²) >= 11 is 3.38. The third kappa shape index (κ3) is 1.85. The van der Waals surface area contributed by atoms with Crippen molar-refractivity contribution in [3.63, 3.8) is 0 Å². The van der Waals surface area contributed by atoms with Crippen LogP contribution in [0.25, 0.3) is 0 Å². The van der Waals surface area contributed by atoms with Crippen molar-refractivity contribution in [1.29, 1.82) is 5.26 Å². The number of carbonyl (C=O) groups excluding carboxylic acids is 1. The van der Waals surface area contributed by atoms with Crippen LogP contribution in [0.4, 0.5) is 0 Å².